The Labute approximate surface area is 130 Å². The fourth-order valence-corrected chi connectivity index (χ4v) is 5.00. The van der Waals surface area contributed by atoms with Crippen molar-refractivity contribution in [3.63, 3.8) is 0 Å². The summed E-state index contributed by atoms with van der Waals surface area (Å²) in [6, 6.07) is 7.44. The van der Waals surface area contributed by atoms with Crippen LogP contribution in [0.1, 0.15) is 13.8 Å². The Kier molecular flexibility index (Phi) is 7.79. The molecule has 0 bridgehead atoms. The van der Waals surface area contributed by atoms with E-state index in [9.17, 15) is 8.42 Å². The maximum atomic E-state index is 11.9. The largest absolute Gasteiger partial charge is 0.399 e. The topological polar surface area (TPSA) is 72.2 Å². The number of hydrogen-bond acceptors (Lipinski definition) is 5. The number of benzene rings is 1. The molecule has 4 nitrogen and oxygen atoms in total. The number of rotatable bonds is 9. The van der Waals surface area contributed by atoms with Crippen LogP contribution in [0.15, 0.2) is 29.2 Å². The average Bonchev–Trinajstić information content (AvgIpc) is 2.35. The van der Waals surface area contributed by atoms with E-state index >= 15 is 0 Å². The zero-order valence-electron chi connectivity index (χ0n) is 11.8. The summed E-state index contributed by atoms with van der Waals surface area (Å²) in [7, 11) is -3.21. The van der Waals surface area contributed by atoms with Gasteiger partial charge >= 0.3 is 0 Å². The average molecular weight is 335 g/mol. The van der Waals surface area contributed by atoms with Crippen LogP contribution in [0.25, 0.3) is 0 Å². The molecule has 0 amide bonds. The lowest BCUT2D eigenvalue weighted by atomic mass is 10.3. The summed E-state index contributed by atoms with van der Waals surface area (Å²) in [6.45, 7) is 3.96. The minimum absolute atomic E-state index is 0.0256. The summed E-state index contributed by atoms with van der Waals surface area (Å²) in [4.78, 5) is 0.995. The zero-order chi connectivity index (χ0) is 15.0. The Bertz CT molecular complexity index is 506. The first-order chi connectivity index (χ1) is 9.43. The number of sulfonamides is 1. The van der Waals surface area contributed by atoms with Gasteiger partial charge in [0.15, 0.2) is 0 Å². The minimum Gasteiger partial charge on any atom is -0.399 e. The summed E-state index contributed by atoms with van der Waals surface area (Å²) in [5, 5.41) is 0. The van der Waals surface area contributed by atoms with Crippen molar-refractivity contribution in [2.75, 3.05) is 28.7 Å². The van der Waals surface area contributed by atoms with Crippen molar-refractivity contribution in [1.29, 1.82) is 0 Å². The van der Waals surface area contributed by atoms with E-state index in [4.69, 9.17) is 5.73 Å². The van der Waals surface area contributed by atoms with Crippen LogP contribution < -0.4 is 10.5 Å². The molecule has 0 aromatic heterocycles. The van der Waals surface area contributed by atoms with Crippen molar-refractivity contribution in [3.05, 3.63) is 24.3 Å². The predicted molar refractivity (Wildman–Crippen MR) is 91.0 cm³/mol. The molecule has 7 heteroatoms. The molecule has 0 heterocycles. The standard InChI is InChI=1S/C13H22N2O2S3/c1-3-18-10-11(2)15-20(16,17)8-7-19-13-6-4-5-12(14)9-13/h4-6,9,11,15H,3,7-8,10,14H2,1-2H3. The van der Waals surface area contributed by atoms with Gasteiger partial charge in [-0.2, -0.15) is 11.8 Å². The SMILES string of the molecule is CCSCC(C)NS(=O)(=O)CCSc1cccc(N)c1. The highest BCUT2D eigenvalue weighted by atomic mass is 32.2. The van der Waals surface area contributed by atoms with Gasteiger partial charge in [0.2, 0.25) is 10.0 Å². The third kappa shape index (κ3) is 7.42. The van der Waals surface area contributed by atoms with Gasteiger partial charge in [0, 0.05) is 28.1 Å². The summed E-state index contributed by atoms with van der Waals surface area (Å²) < 4.78 is 26.5. The second kappa shape index (κ2) is 8.81. The molecule has 114 valence electrons. The molecule has 0 fully saturated rings. The highest BCUT2D eigenvalue weighted by molar-refractivity contribution is 8.00. The van der Waals surface area contributed by atoms with Gasteiger partial charge in [0.1, 0.15) is 0 Å². The first-order valence-corrected chi connectivity index (χ1v) is 10.3. The molecule has 1 unspecified atom stereocenters. The third-order valence-corrected chi connectivity index (χ3v) is 6.33. The molecule has 1 rings (SSSR count). The lowest BCUT2D eigenvalue weighted by Gasteiger charge is -2.13. The van der Waals surface area contributed by atoms with Crippen LogP contribution in [0.3, 0.4) is 0 Å². The van der Waals surface area contributed by atoms with Crippen LogP contribution in [-0.2, 0) is 10.0 Å². The van der Waals surface area contributed by atoms with Crippen molar-refractivity contribution in [3.8, 4) is 0 Å². The van der Waals surface area contributed by atoms with Gasteiger partial charge < -0.3 is 5.73 Å². The van der Waals surface area contributed by atoms with Crippen molar-refractivity contribution >= 4 is 39.2 Å². The first-order valence-electron chi connectivity index (χ1n) is 6.49. The van der Waals surface area contributed by atoms with Gasteiger partial charge in [-0.3, -0.25) is 0 Å². The number of hydrogen-bond donors (Lipinski definition) is 2. The molecule has 0 saturated heterocycles. The number of nitrogens with two attached hydrogens (primary N) is 1. The Morgan fingerprint density at radius 1 is 1.40 bits per heavy atom. The van der Waals surface area contributed by atoms with Crippen molar-refractivity contribution in [2.24, 2.45) is 0 Å². The summed E-state index contributed by atoms with van der Waals surface area (Å²) in [6.07, 6.45) is 0. The molecule has 0 aliphatic rings. The molecule has 1 aromatic carbocycles. The maximum absolute atomic E-state index is 11.9. The molecule has 0 saturated carbocycles. The van der Waals surface area contributed by atoms with Gasteiger partial charge in [0.05, 0.1) is 5.75 Å². The molecule has 0 radical (unpaired) electrons. The van der Waals surface area contributed by atoms with Crippen LogP contribution in [0.5, 0.6) is 0 Å². The highest BCUT2D eigenvalue weighted by Gasteiger charge is 2.14. The monoisotopic (exact) mass is 334 g/mol. The van der Waals surface area contributed by atoms with Crippen LogP contribution in [0.2, 0.25) is 0 Å². The molecule has 0 aliphatic carbocycles. The highest BCUT2D eigenvalue weighted by Crippen LogP contribution is 2.20. The van der Waals surface area contributed by atoms with Gasteiger partial charge in [-0.05, 0) is 30.9 Å². The van der Waals surface area contributed by atoms with E-state index in [1.54, 1.807) is 11.8 Å². The molecule has 0 spiro atoms. The Hall–Kier alpha value is -0.370. The molecule has 20 heavy (non-hydrogen) atoms. The number of nitrogen functional groups attached to an aromatic ring is 1. The third-order valence-electron chi connectivity index (χ3n) is 2.43. The summed E-state index contributed by atoms with van der Waals surface area (Å²) >= 11 is 3.24. The quantitative estimate of drug-likeness (QED) is 0.536. The lowest BCUT2D eigenvalue weighted by Crippen LogP contribution is -2.36. The summed E-state index contributed by atoms with van der Waals surface area (Å²) in [5.41, 5.74) is 6.38. The molecule has 0 aliphatic heterocycles. The Morgan fingerprint density at radius 3 is 2.80 bits per heavy atom. The number of anilines is 1. The van der Waals surface area contributed by atoms with Crippen molar-refractivity contribution in [2.45, 2.75) is 24.8 Å². The van der Waals surface area contributed by atoms with E-state index < -0.39 is 10.0 Å². The van der Waals surface area contributed by atoms with Gasteiger partial charge in [-0.15, -0.1) is 11.8 Å². The van der Waals surface area contributed by atoms with Gasteiger partial charge in [-0.25, -0.2) is 13.1 Å². The molecule has 1 aromatic rings. The van der Waals surface area contributed by atoms with Crippen LogP contribution in [0.4, 0.5) is 5.69 Å². The van der Waals surface area contributed by atoms with E-state index in [2.05, 4.69) is 11.6 Å². The molecular formula is C13H22N2O2S3. The summed E-state index contributed by atoms with van der Waals surface area (Å²) in [5.74, 6) is 2.44. The Morgan fingerprint density at radius 2 is 2.15 bits per heavy atom. The normalized spacial score (nSPS) is 13.3. The van der Waals surface area contributed by atoms with E-state index in [-0.39, 0.29) is 11.8 Å². The fourth-order valence-electron chi connectivity index (χ4n) is 1.57. The van der Waals surface area contributed by atoms with Crippen molar-refractivity contribution < 1.29 is 8.42 Å². The molecule has 3 N–H and O–H groups in total. The van der Waals surface area contributed by atoms with Crippen LogP contribution in [0, 0.1) is 0 Å². The Balaban J connectivity index is 2.36. The van der Waals surface area contributed by atoms with Crippen molar-refractivity contribution in [1.82, 2.24) is 4.72 Å². The predicted octanol–water partition coefficient (Wildman–Crippen LogP) is 2.42. The minimum atomic E-state index is -3.21. The molecule has 1 atom stereocenters. The number of nitrogens with one attached hydrogen (secondary N) is 1. The number of thioether (sulfide) groups is 2. The van der Waals surface area contributed by atoms with Crippen LogP contribution in [-0.4, -0.2) is 37.5 Å². The first kappa shape index (κ1) is 17.7. The van der Waals surface area contributed by atoms with Gasteiger partial charge in [-0.1, -0.05) is 13.0 Å². The fraction of sp³-hybridized carbons (Fsp3) is 0.538. The smallest absolute Gasteiger partial charge is 0.212 e. The zero-order valence-corrected chi connectivity index (χ0v) is 14.3. The second-order valence-corrected chi connectivity index (χ2v) is 8.78. The second-order valence-electron chi connectivity index (χ2n) is 4.42. The van der Waals surface area contributed by atoms with E-state index in [0.29, 0.717) is 11.4 Å². The van der Waals surface area contributed by atoms with E-state index in [1.807, 2.05) is 31.2 Å². The van der Waals surface area contributed by atoms with E-state index in [0.717, 1.165) is 16.4 Å². The lowest BCUT2D eigenvalue weighted by molar-refractivity contribution is 0.572. The van der Waals surface area contributed by atoms with Crippen LogP contribution >= 0.6 is 23.5 Å². The molecular weight excluding hydrogens is 312 g/mol. The maximum Gasteiger partial charge on any atom is 0.212 e. The van der Waals surface area contributed by atoms with Gasteiger partial charge in [0.25, 0.3) is 0 Å². The van der Waals surface area contributed by atoms with E-state index in [1.165, 1.54) is 11.8 Å².